The number of amides is 5. The minimum absolute atomic E-state index is 0.111. The van der Waals surface area contributed by atoms with Gasteiger partial charge in [-0.05, 0) is 90.8 Å². The Kier molecular flexibility index (Phi) is 6.70. The van der Waals surface area contributed by atoms with Crippen LogP contribution >= 0.6 is 0 Å². The van der Waals surface area contributed by atoms with Gasteiger partial charge in [0.1, 0.15) is 22.5 Å². The van der Waals surface area contributed by atoms with Crippen LogP contribution in [0.4, 0.5) is 14.4 Å². The van der Waals surface area contributed by atoms with E-state index in [1.807, 2.05) is 24.3 Å². The van der Waals surface area contributed by atoms with Crippen molar-refractivity contribution in [2.45, 2.75) is 89.9 Å². The summed E-state index contributed by atoms with van der Waals surface area (Å²) in [5.41, 5.74) is -2.25. The molecule has 1 aliphatic heterocycles. The number of benzene rings is 1. The summed E-state index contributed by atoms with van der Waals surface area (Å²) < 4.78 is 16.1. The van der Waals surface area contributed by atoms with Crippen molar-refractivity contribution in [3.8, 4) is 5.75 Å². The molecule has 1 saturated carbocycles. The Hall–Kier alpha value is -3.10. The highest BCUT2D eigenvalue weighted by molar-refractivity contribution is 6.20. The number of carbonyl (C=O) groups is 4. The second-order valence-electron chi connectivity index (χ2n) is 10.8. The molecule has 0 aromatic heterocycles. The topological polar surface area (TPSA) is 102 Å². The smallest absolute Gasteiger partial charge is 0.425 e. The van der Waals surface area contributed by atoms with Gasteiger partial charge in [-0.25, -0.2) is 19.3 Å². The molecule has 9 nitrogen and oxygen atoms in total. The highest BCUT2D eigenvalue weighted by atomic mass is 16.6. The first-order chi connectivity index (χ1) is 15.7. The van der Waals surface area contributed by atoms with E-state index in [4.69, 9.17) is 14.2 Å². The molecule has 1 heterocycles. The van der Waals surface area contributed by atoms with Crippen LogP contribution in [0.5, 0.6) is 5.75 Å². The fourth-order valence-electron chi connectivity index (χ4n) is 4.46. The Morgan fingerprint density at radius 1 is 0.941 bits per heavy atom. The van der Waals surface area contributed by atoms with E-state index >= 15 is 0 Å². The highest BCUT2D eigenvalue weighted by Crippen LogP contribution is 2.46. The summed E-state index contributed by atoms with van der Waals surface area (Å²) in [7, 11) is 1.60. The average Bonchev–Trinajstić information content (AvgIpc) is 2.92. The molecule has 0 N–H and O–H groups in total. The van der Waals surface area contributed by atoms with Crippen LogP contribution in [0.1, 0.15) is 78.7 Å². The summed E-state index contributed by atoms with van der Waals surface area (Å²) in [5, 5.41) is 0. The van der Waals surface area contributed by atoms with Gasteiger partial charge in [-0.2, -0.15) is 4.90 Å². The first-order valence-corrected chi connectivity index (χ1v) is 11.5. The first-order valence-electron chi connectivity index (χ1n) is 11.5. The summed E-state index contributed by atoms with van der Waals surface area (Å²) in [6.45, 7) is 9.92. The van der Waals surface area contributed by atoms with Crippen molar-refractivity contribution in [2.75, 3.05) is 7.11 Å². The Balaban J connectivity index is 1.93. The van der Waals surface area contributed by atoms with Crippen molar-refractivity contribution in [1.29, 1.82) is 0 Å². The Morgan fingerprint density at radius 3 is 2.03 bits per heavy atom. The lowest BCUT2D eigenvalue weighted by molar-refractivity contribution is -0.134. The molecule has 0 atom stereocenters. The Bertz CT molecular complexity index is 982. The van der Waals surface area contributed by atoms with Gasteiger partial charge in [0.15, 0.2) is 0 Å². The predicted molar refractivity (Wildman–Crippen MR) is 123 cm³/mol. The molecule has 5 amide bonds. The maximum atomic E-state index is 13.6. The van der Waals surface area contributed by atoms with Crippen LogP contribution < -0.4 is 4.74 Å². The quantitative estimate of drug-likeness (QED) is 0.541. The van der Waals surface area contributed by atoms with E-state index in [2.05, 4.69) is 0 Å². The molecule has 1 saturated heterocycles. The lowest BCUT2D eigenvalue weighted by Crippen LogP contribution is -2.55. The molecule has 9 heteroatoms. The average molecular weight is 475 g/mol. The van der Waals surface area contributed by atoms with Gasteiger partial charge in [0, 0.05) is 0 Å². The summed E-state index contributed by atoms with van der Waals surface area (Å²) in [5.74, 6) is 0.0952. The van der Waals surface area contributed by atoms with Crippen LogP contribution in [0.3, 0.4) is 0 Å². The summed E-state index contributed by atoms with van der Waals surface area (Å²) in [4.78, 5) is 54.0. The standard InChI is InChI=1S/C25H34N2O7/c1-23(2,3)33-21(30)26-19(28)25(27(20(26)29)22(31)34-24(4,5)6)13-11-16(12-14-25)17-9-8-10-18(15-17)32-7/h8-10,15-16H,11-14H2,1-7H3. The van der Waals surface area contributed by atoms with Crippen LogP contribution in [-0.2, 0) is 14.3 Å². The molecular weight excluding hydrogens is 440 g/mol. The van der Waals surface area contributed by atoms with Gasteiger partial charge in [0.25, 0.3) is 5.91 Å². The van der Waals surface area contributed by atoms with Crippen molar-refractivity contribution in [2.24, 2.45) is 0 Å². The van der Waals surface area contributed by atoms with E-state index in [0.29, 0.717) is 17.7 Å². The molecule has 2 aliphatic rings. The van der Waals surface area contributed by atoms with E-state index in [9.17, 15) is 19.2 Å². The van der Waals surface area contributed by atoms with E-state index in [1.54, 1.807) is 48.7 Å². The van der Waals surface area contributed by atoms with E-state index in [-0.39, 0.29) is 18.8 Å². The zero-order valence-electron chi connectivity index (χ0n) is 21.0. The van der Waals surface area contributed by atoms with Crippen molar-refractivity contribution in [3.63, 3.8) is 0 Å². The van der Waals surface area contributed by atoms with Gasteiger partial charge < -0.3 is 14.2 Å². The lowest BCUT2D eigenvalue weighted by Gasteiger charge is -2.40. The molecule has 0 radical (unpaired) electrons. The third kappa shape index (κ3) is 5.03. The van der Waals surface area contributed by atoms with Gasteiger partial charge in [-0.1, -0.05) is 12.1 Å². The van der Waals surface area contributed by atoms with Crippen molar-refractivity contribution in [3.05, 3.63) is 29.8 Å². The van der Waals surface area contributed by atoms with Gasteiger partial charge in [0.2, 0.25) is 0 Å². The van der Waals surface area contributed by atoms with Gasteiger partial charge in [0.05, 0.1) is 7.11 Å². The molecule has 3 rings (SSSR count). The molecule has 0 bridgehead atoms. The van der Waals surface area contributed by atoms with Gasteiger partial charge in [-0.15, -0.1) is 0 Å². The minimum atomic E-state index is -1.49. The lowest BCUT2D eigenvalue weighted by atomic mass is 9.73. The molecule has 0 unspecified atom stereocenters. The normalized spacial score (nSPS) is 23.3. The number of hydrogen-bond donors (Lipinski definition) is 0. The van der Waals surface area contributed by atoms with Crippen LogP contribution in [-0.4, -0.2) is 57.8 Å². The Morgan fingerprint density at radius 2 is 1.50 bits per heavy atom. The number of ether oxygens (including phenoxy) is 3. The minimum Gasteiger partial charge on any atom is -0.497 e. The number of carbonyl (C=O) groups excluding carboxylic acids is 4. The zero-order chi connectivity index (χ0) is 25.5. The maximum Gasteiger partial charge on any atom is 0.425 e. The van der Waals surface area contributed by atoms with Crippen LogP contribution in [0.2, 0.25) is 0 Å². The van der Waals surface area contributed by atoms with E-state index in [0.717, 1.165) is 16.2 Å². The molecule has 1 aromatic rings. The van der Waals surface area contributed by atoms with Crippen molar-refractivity contribution >= 4 is 24.1 Å². The fourth-order valence-corrected chi connectivity index (χ4v) is 4.46. The molecule has 1 aromatic carbocycles. The molecule has 1 spiro atoms. The van der Waals surface area contributed by atoms with Gasteiger partial charge >= 0.3 is 18.2 Å². The van der Waals surface area contributed by atoms with Crippen LogP contribution in [0.15, 0.2) is 24.3 Å². The fraction of sp³-hybridized carbons (Fsp3) is 0.600. The molecular formula is C25H34N2O7. The Labute approximate surface area is 200 Å². The number of urea groups is 1. The third-order valence-corrected chi connectivity index (χ3v) is 5.94. The van der Waals surface area contributed by atoms with Crippen LogP contribution in [0.25, 0.3) is 0 Å². The second-order valence-corrected chi connectivity index (χ2v) is 10.8. The zero-order valence-corrected chi connectivity index (χ0v) is 21.0. The third-order valence-electron chi connectivity index (χ3n) is 5.94. The molecule has 2 fully saturated rings. The molecule has 1 aliphatic carbocycles. The number of rotatable bonds is 2. The van der Waals surface area contributed by atoms with Crippen molar-refractivity contribution in [1.82, 2.24) is 9.80 Å². The molecule has 34 heavy (non-hydrogen) atoms. The first kappa shape index (κ1) is 25.5. The van der Waals surface area contributed by atoms with E-state index in [1.165, 1.54) is 0 Å². The number of imide groups is 4. The summed E-state index contributed by atoms with van der Waals surface area (Å²) in [6, 6.07) is 6.66. The highest BCUT2D eigenvalue weighted by Gasteiger charge is 2.64. The van der Waals surface area contributed by atoms with Crippen molar-refractivity contribution < 1.29 is 33.4 Å². The SMILES string of the molecule is COc1cccc(C2CCC3(CC2)C(=O)N(C(=O)OC(C)(C)C)C(=O)N3C(=O)OC(C)(C)C)c1. The van der Waals surface area contributed by atoms with Gasteiger partial charge in [-0.3, -0.25) is 4.79 Å². The predicted octanol–water partition coefficient (Wildman–Crippen LogP) is 5.23. The molecule has 186 valence electrons. The van der Waals surface area contributed by atoms with Crippen LogP contribution in [0, 0.1) is 0 Å². The summed E-state index contributed by atoms with van der Waals surface area (Å²) >= 11 is 0. The number of methoxy groups -OCH3 is 1. The number of nitrogens with zero attached hydrogens (tertiary/aromatic N) is 2. The number of hydrogen-bond acceptors (Lipinski definition) is 7. The maximum absolute atomic E-state index is 13.6. The van der Waals surface area contributed by atoms with E-state index < -0.39 is 40.9 Å². The summed E-state index contributed by atoms with van der Waals surface area (Å²) in [6.07, 6.45) is -0.559. The monoisotopic (exact) mass is 474 g/mol. The largest absolute Gasteiger partial charge is 0.497 e. The second kappa shape index (κ2) is 8.92.